The second kappa shape index (κ2) is 12.2. The van der Waals surface area contributed by atoms with E-state index in [-0.39, 0.29) is 25.3 Å². The first kappa shape index (κ1) is 24.5. The third kappa shape index (κ3) is 8.04. The normalized spacial score (nSPS) is 12.8. The van der Waals surface area contributed by atoms with E-state index in [1.807, 2.05) is 12.1 Å². The topological polar surface area (TPSA) is 74.2 Å². The Hall–Kier alpha value is -3.16. The van der Waals surface area contributed by atoms with Crippen LogP contribution in [0.4, 0.5) is 8.78 Å². The van der Waals surface area contributed by atoms with Crippen LogP contribution >= 0.6 is 0 Å². The van der Waals surface area contributed by atoms with Gasteiger partial charge in [-0.2, -0.15) is 0 Å². The summed E-state index contributed by atoms with van der Waals surface area (Å²) in [6.45, 7) is 2.84. The number of halogens is 2. The highest BCUT2D eigenvalue weighted by atomic mass is 19.1. The van der Waals surface area contributed by atoms with Crippen LogP contribution in [0.3, 0.4) is 0 Å². The molecule has 1 heterocycles. The summed E-state index contributed by atoms with van der Waals surface area (Å²) in [7, 11) is 0. The second-order valence-electron chi connectivity index (χ2n) is 8.07. The van der Waals surface area contributed by atoms with Crippen molar-refractivity contribution in [3.63, 3.8) is 0 Å². The molecule has 174 valence electrons. The van der Waals surface area contributed by atoms with E-state index in [9.17, 15) is 18.7 Å². The van der Waals surface area contributed by atoms with Gasteiger partial charge in [0.05, 0.1) is 18.6 Å². The van der Waals surface area contributed by atoms with E-state index in [0.717, 1.165) is 23.6 Å². The van der Waals surface area contributed by atoms with Crippen LogP contribution < -0.4 is 10.6 Å². The van der Waals surface area contributed by atoms with Crippen molar-refractivity contribution in [2.45, 2.75) is 44.9 Å². The highest BCUT2D eigenvalue weighted by Gasteiger charge is 2.22. The van der Waals surface area contributed by atoms with Gasteiger partial charge in [-0.3, -0.25) is 9.78 Å². The first-order chi connectivity index (χ1) is 15.9. The molecule has 0 radical (unpaired) electrons. The van der Waals surface area contributed by atoms with Gasteiger partial charge in [-0.25, -0.2) is 8.78 Å². The second-order valence-corrected chi connectivity index (χ2v) is 8.07. The van der Waals surface area contributed by atoms with Gasteiger partial charge in [-0.15, -0.1) is 0 Å². The van der Waals surface area contributed by atoms with Crippen molar-refractivity contribution in [1.82, 2.24) is 15.6 Å². The van der Waals surface area contributed by atoms with Crippen LogP contribution in [0.15, 0.2) is 67.0 Å². The van der Waals surface area contributed by atoms with Gasteiger partial charge in [0.1, 0.15) is 11.6 Å². The fourth-order valence-corrected chi connectivity index (χ4v) is 3.68. The maximum Gasteiger partial charge on any atom is 0.224 e. The molecule has 0 unspecified atom stereocenters. The Bertz CT molecular complexity index is 1030. The van der Waals surface area contributed by atoms with E-state index in [2.05, 4.69) is 34.7 Å². The van der Waals surface area contributed by atoms with Crippen LogP contribution in [0, 0.1) is 11.6 Å². The lowest BCUT2D eigenvalue weighted by Crippen LogP contribution is -2.49. The lowest BCUT2D eigenvalue weighted by atomic mass is 10.00. The number of carbonyl (C=O) groups excluding carboxylic acids is 1. The molecule has 3 N–H and O–H groups in total. The minimum atomic E-state index is -0.969. The van der Waals surface area contributed by atoms with Crippen molar-refractivity contribution in [2.24, 2.45) is 0 Å². The number of hydrogen-bond acceptors (Lipinski definition) is 4. The molecule has 0 aliphatic carbocycles. The predicted octanol–water partition coefficient (Wildman–Crippen LogP) is 3.34. The fraction of sp³-hybridized carbons (Fsp3) is 0.308. The number of nitrogens with zero attached hydrogens (tertiary/aromatic N) is 1. The number of aliphatic hydroxyl groups excluding tert-OH is 1. The van der Waals surface area contributed by atoms with Gasteiger partial charge in [-0.1, -0.05) is 37.3 Å². The monoisotopic (exact) mass is 453 g/mol. The first-order valence-electron chi connectivity index (χ1n) is 11.0. The molecule has 0 bridgehead atoms. The Morgan fingerprint density at radius 1 is 1.00 bits per heavy atom. The van der Waals surface area contributed by atoms with E-state index in [0.29, 0.717) is 12.1 Å². The molecular formula is C26H29F2N3O2. The molecule has 33 heavy (non-hydrogen) atoms. The number of pyridine rings is 1. The Morgan fingerprint density at radius 3 is 2.42 bits per heavy atom. The summed E-state index contributed by atoms with van der Waals surface area (Å²) in [6, 6.07) is 14.2. The average Bonchev–Trinajstić information content (AvgIpc) is 2.78. The van der Waals surface area contributed by atoms with Crippen LogP contribution in [0.1, 0.15) is 29.2 Å². The predicted molar refractivity (Wildman–Crippen MR) is 123 cm³/mol. The van der Waals surface area contributed by atoms with Gasteiger partial charge in [0.2, 0.25) is 5.91 Å². The van der Waals surface area contributed by atoms with Gasteiger partial charge < -0.3 is 15.7 Å². The lowest BCUT2D eigenvalue weighted by molar-refractivity contribution is -0.122. The fourth-order valence-electron chi connectivity index (χ4n) is 3.68. The Labute approximate surface area is 192 Å². The highest BCUT2D eigenvalue weighted by molar-refractivity contribution is 5.78. The quantitative estimate of drug-likeness (QED) is 0.416. The van der Waals surface area contributed by atoms with E-state index >= 15 is 0 Å². The molecular weight excluding hydrogens is 424 g/mol. The molecule has 0 aliphatic rings. The molecule has 2 aromatic carbocycles. The molecule has 0 saturated carbocycles. The molecule has 3 aromatic rings. The Balaban J connectivity index is 1.65. The lowest BCUT2D eigenvalue weighted by Gasteiger charge is -2.25. The van der Waals surface area contributed by atoms with Crippen LogP contribution in [-0.2, 0) is 30.6 Å². The van der Waals surface area contributed by atoms with Crippen LogP contribution in [0.25, 0.3) is 0 Å². The zero-order valence-corrected chi connectivity index (χ0v) is 18.6. The van der Waals surface area contributed by atoms with Crippen molar-refractivity contribution in [3.05, 3.63) is 101 Å². The van der Waals surface area contributed by atoms with Gasteiger partial charge in [0, 0.05) is 31.5 Å². The Kier molecular flexibility index (Phi) is 9.04. The highest BCUT2D eigenvalue weighted by Crippen LogP contribution is 2.13. The average molecular weight is 454 g/mol. The van der Waals surface area contributed by atoms with E-state index in [4.69, 9.17) is 0 Å². The summed E-state index contributed by atoms with van der Waals surface area (Å²) in [6.07, 6.45) is 3.36. The van der Waals surface area contributed by atoms with Crippen molar-refractivity contribution >= 4 is 5.91 Å². The summed E-state index contributed by atoms with van der Waals surface area (Å²) in [5.74, 6) is -1.71. The number of aliphatic hydroxyl groups is 1. The summed E-state index contributed by atoms with van der Waals surface area (Å²) >= 11 is 0. The molecule has 1 amide bonds. The maximum atomic E-state index is 13.7. The molecule has 0 fully saturated rings. The standard InChI is InChI=1S/C26H29F2N3O2/c1-2-18-5-3-6-19(9-18)16-30-17-25(32)24(12-21-10-22(27)14-23(28)11-21)31-26(33)13-20-7-4-8-29-15-20/h3-11,14-15,24-25,30,32H,2,12-13,16-17H2,1H3,(H,31,33)/t24-,25-/m0/s1. The maximum absolute atomic E-state index is 13.7. The zero-order chi connectivity index (χ0) is 23.6. The molecule has 1 aromatic heterocycles. The van der Waals surface area contributed by atoms with Crippen LogP contribution in [0.5, 0.6) is 0 Å². The molecule has 5 nitrogen and oxygen atoms in total. The summed E-state index contributed by atoms with van der Waals surface area (Å²) < 4.78 is 27.3. The number of hydrogen-bond donors (Lipinski definition) is 3. The molecule has 0 saturated heterocycles. The smallest absolute Gasteiger partial charge is 0.224 e. The van der Waals surface area contributed by atoms with Gasteiger partial charge in [0.25, 0.3) is 0 Å². The summed E-state index contributed by atoms with van der Waals surface area (Å²) in [5.41, 5.74) is 3.40. The van der Waals surface area contributed by atoms with Gasteiger partial charge in [0.15, 0.2) is 0 Å². The van der Waals surface area contributed by atoms with Gasteiger partial charge in [-0.05, 0) is 53.3 Å². The molecule has 0 spiro atoms. The number of rotatable bonds is 11. The molecule has 2 atom stereocenters. The molecule has 7 heteroatoms. The summed E-state index contributed by atoms with van der Waals surface area (Å²) in [5, 5.41) is 16.8. The van der Waals surface area contributed by atoms with Crippen molar-refractivity contribution in [2.75, 3.05) is 6.54 Å². The number of aryl methyl sites for hydroxylation is 1. The van der Waals surface area contributed by atoms with Crippen molar-refractivity contribution in [1.29, 1.82) is 0 Å². The van der Waals surface area contributed by atoms with E-state index < -0.39 is 23.8 Å². The number of amides is 1. The largest absolute Gasteiger partial charge is 0.390 e. The van der Waals surface area contributed by atoms with E-state index in [1.165, 1.54) is 17.7 Å². The van der Waals surface area contributed by atoms with Crippen LogP contribution in [-0.4, -0.2) is 34.7 Å². The van der Waals surface area contributed by atoms with Crippen LogP contribution in [0.2, 0.25) is 0 Å². The van der Waals surface area contributed by atoms with Gasteiger partial charge >= 0.3 is 0 Å². The van der Waals surface area contributed by atoms with Crippen molar-refractivity contribution < 1.29 is 18.7 Å². The SMILES string of the molecule is CCc1cccc(CNC[C@H](O)[C@H](Cc2cc(F)cc(F)c2)NC(=O)Cc2cccnc2)c1. The third-order valence-corrected chi connectivity index (χ3v) is 5.36. The molecule has 0 aliphatic heterocycles. The minimum Gasteiger partial charge on any atom is -0.390 e. The van der Waals surface area contributed by atoms with Crippen molar-refractivity contribution in [3.8, 4) is 0 Å². The number of carbonyl (C=O) groups is 1. The zero-order valence-electron chi connectivity index (χ0n) is 18.6. The van der Waals surface area contributed by atoms with E-state index in [1.54, 1.807) is 24.5 Å². The Morgan fingerprint density at radius 2 is 1.73 bits per heavy atom. The molecule has 3 rings (SSSR count). The third-order valence-electron chi connectivity index (χ3n) is 5.36. The minimum absolute atomic E-state index is 0.0849. The summed E-state index contributed by atoms with van der Waals surface area (Å²) in [4.78, 5) is 16.6. The first-order valence-corrected chi connectivity index (χ1v) is 11.0. The number of benzene rings is 2. The number of aromatic nitrogens is 1. The number of nitrogens with one attached hydrogen (secondary N) is 2.